The summed E-state index contributed by atoms with van der Waals surface area (Å²) in [4.78, 5) is 13.6. The van der Waals surface area contributed by atoms with E-state index in [2.05, 4.69) is 5.32 Å². The Morgan fingerprint density at radius 3 is 2.26 bits per heavy atom. The number of nitrogens with zero attached hydrogens (tertiary/aromatic N) is 1. The van der Waals surface area contributed by atoms with Crippen LogP contribution in [0.1, 0.15) is 5.56 Å². The predicted molar refractivity (Wildman–Crippen MR) is 88.0 cm³/mol. The number of sulfone groups is 1. The number of urea groups is 1. The lowest BCUT2D eigenvalue weighted by molar-refractivity contribution is 0.0539. The van der Waals surface area contributed by atoms with E-state index in [1.807, 2.05) is 6.92 Å². The Bertz CT molecular complexity index is 707. The summed E-state index contributed by atoms with van der Waals surface area (Å²) in [5, 5.41) is 1.77. The van der Waals surface area contributed by atoms with Crippen LogP contribution in [0.4, 0.5) is 4.79 Å². The summed E-state index contributed by atoms with van der Waals surface area (Å²) in [7, 11) is -4.02. The Morgan fingerprint density at radius 1 is 1.17 bits per heavy atom. The van der Waals surface area contributed by atoms with E-state index in [1.54, 1.807) is 12.1 Å². The van der Waals surface area contributed by atoms with E-state index in [9.17, 15) is 13.2 Å². The Morgan fingerprint density at radius 2 is 1.74 bits per heavy atom. The highest BCUT2D eigenvalue weighted by molar-refractivity contribution is 7.95. The first-order valence-electron chi connectivity index (χ1n) is 6.83. The maximum Gasteiger partial charge on any atom is 0.322 e. The van der Waals surface area contributed by atoms with Gasteiger partial charge in [-0.3, -0.25) is 5.32 Å². The molecule has 9 heteroatoms. The van der Waals surface area contributed by atoms with Crippen molar-refractivity contribution in [3.8, 4) is 0 Å². The van der Waals surface area contributed by atoms with Crippen molar-refractivity contribution >= 4 is 39.1 Å². The second kappa shape index (κ2) is 7.53. The van der Waals surface area contributed by atoms with Crippen molar-refractivity contribution in [1.82, 2.24) is 10.2 Å². The number of rotatable bonds is 3. The third-order valence-electron chi connectivity index (χ3n) is 3.29. The predicted octanol–water partition coefficient (Wildman–Crippen LogP) is 2.41. The fourth-order valence-electron chi connectivity index (χ4n) is 1.99. The highest BCUT2D eigenvalue weighted by atomic mass is 35.5. The molecule has 1 aromatic rings. The molecule has 0 saturated carbocycles. The van der Waals surface area contributed by atoms with Gasteiger partial charge in [-0.25, -0.2) is 13.2 Å². The first kappa shape index (κ1) is 18.1. The van der Waals surface area contributed by atoms with Crippen molar-refractivity contribution in [3.05, 3.63) is 39.3 Å². The second-order valence-corrected chi connectivity index (χ2v) is 7.77. The maximum absolute atomic E-state index is 12.6. The molecule has 2 amide bonds. The molecule has 126 valence electrons. The zero-order chi connectivity index (χ0) is 17.0. The van der Waals surface area contributed by atoms with E-state index in [1.165, 1.54) is 17.0 Å². The molecule has 0 spiro atoms. The number of hydrogen-bond acceptors (Lipinski definition) is 4. The number of aryl methyl sites for hydroxylation is 1. The van der Waals surface area contributed by atoms with Crippen molar-refractivity contribution in [1.29, 1.82) is 0 Å². The summed E-state index contributed by atoms with van der Waals surface area (Å²) < 4.78 is 29.9. The standard InChI is InChI=1S/C14H16Cl2N2O4S/c1-10-2-4-11(5-3-10)23(20,21)13(12(15)16)17-14(19)18-6-8-22-9-7-18/h2-5H,6-9H2,1H3,(H,17,19). The normalized spacial score (nSPS) is 15.2. The Hall–Kier alpha value is -1.28. The van der Waals surface area contributed by atoms with Crippen LogP contribution >= 0.6 is 23.2 Å². The molecule has 1 heterocycles. The molecule has 2 rings (SSSR count). The third-order valence-corrected chi connectivity index (χ3v) is 5.63. The van der Waals surface area contributed by atoms with Gasteiger partial charge >= 0.3 is 6.03 Å². The molecular weight excluding hydrogens is 363 g/mol. The van der Waals surface area contributed by atoms with Gasteiger partial charge in [0.15, 0.2) is 5.03 Å². The van der Waals surface area contributed by atoms with Crippen molar-refractivity contribution in [2.45, 2.75) is 11.8 Å². The number of nitrogens with one attached hydrogen (secondary N) is 1. The molecule has 0 radical (unpaired) electrons. The number of carbonyl (C=O) groups is 1. The van der Waals surface area contributed by atoms with Crippen LogP contribution in [0.25, 0.3) is 0 Å². The van der Waals surface area contributed by atoms with E-state index in [0.29, 0.717) is 26.3 Å². The number of ether oxygens (including phenoxy) is 1. The summed E-state index contributed by atoms with van der Waals surface area (Å²) >= 11 is 11.4. The Kier molecular flexibility index (Phi) is 5.91. The summed E-state index contributed by atoms with van der Waals surface area (Å²) in [5.74, 6) is 0. The first-order chi connectivity index (χ1) is 10.8. The van der Waals surface area contributed by atoms with Crippen LogP contribution in [0.5, 0.6) is 0 Å². The number of halogens is 2. The molecule has 1 aromatic carbocycles. The summed E-state index contributed by atoms with van der Waals surface area (Å²) in [6.45, 7) is 3.35. The molecule has 1 fully saturated rings. The number of hydrogen-bond donors (Lipinski definition) is 1. The number of carbonyl (C=O) groups excluding carboxylic acids is 1. The van der Waals surface area contributed by atoms with Crippen LogP contribution < -0.4 is 5.32 Å². The lowest BCUT2D eigenvalue weighted by Gasteiger charge is -2.27. The first-order valence-corrected chi connectivity index (χ1v) is 9.07. The molecule has 6 nitrogen and oxygen atoms in total. The molecule has 0 unspecified atom stereocenters. The SMILES string of the molecule is Cc1ccc(S(=O)(=O)C(NC(=O)N2CCOCC2)=C(Cl)Cl)cc1. The molecule has 1 aliphatic rings. The molecular formula is C14H16Cl2N2O4S. The average molecular weight is 379 g/mol. The molecule has 1 saturated heterocycles. The van der Waals surface area contributed by atoms with Gasteiger partial charge in [0.05, 0.1) is 18.1 Å². The molecule has 0 bridgehead atoms. The lowest BCUT2D eigenvalue weighted by atomic mass is 10.2. The van der Waals surface area contributed by atoms with Crippen molar-refractivity contribution in [2.75, 3.05) is 26.3 Å². The average Bonchev–Trinajstić information content (AvgIpc) is 2.53. The van der Waals surface area contributed by atoms with Crippen LogP contribution in [0.15, 0.2) is 38.7 Å². The number of amides is 2. The van der Waals surface area contributed by atoms with E-state index in [-0.39, 0.29) is 4.90 Å². The third kappa shape index (κ3) is 4.38. The molecule has 0 atom stereocenters. The van der Waals surface area contributed by atoms with Crippen molar-refractivity contribution in [3.63, 3.8) is 0 Å². The van der Waals surface area contributed by atoms with Crippen LogP contribution in [0.3, 0.4) is 0 Å². The van der Waals surface area contributed by atoms with Gasteiger partial charge < -0.3 is 9.64 Å². The zero-order valence-corrected chi connectivity index (χ0v) is 14.7. The van der Waals surface area contributed by atoms with Gasteiger partial charge in [-0.05, 0) is 19.1 Å². The Labute approximate surface area is 144 Å². The Balaban J connectivity index is 2.26. The molecule has 0 aromatic heterocycles. The highest BCUT2D eigenvalue weighted by Crippen LogP contribution is 2.24. The molecule has 1 aliphatic heterocycles. The van der Waals surface area contributed by atoms with Crippen LogP contribution in [-0.2, 0) is 14.6 Å². The number of benzene rings is 1. The maximum atomic E-state index is 12.6. The molecule has 0 aliphatic carbocycles. The minimum Gasteiger partial charge on any atom is -0.378 e. The van der Waals surface area contributed by atoms with Crippen LogP contribution in [0.2, 0.25) is 0 Å². The minimum absolute atomic E-state index is 0.000762. The number of morpholine rings is 1. The van der Waals surface area contributed by atoms with Gasteiger partial charge in [-0.1, -0.05) is 40.9 Å². The molecule has 23 heavy (non-hydrogen) atoms. The van der Waals surface area contributed by atoms with Gasteiger partial charge in [0.2, 0.25) is 9.84 Å². The fourth-order valence-corrected chi connectivity index (χ4v) is 3.85. The zero-order valence-electron chi connectivity index (χ0n) is 12.4. The van der Waals surface area contributed by atoms with Gasteiger partial charge in [0.25, 0.3) is 0 Å². The van der Waals surface area contributed by atoms with E-state index in [0.717, 1.165) is 5.56 Å². The van der Waals surface area contributed by atoms with E-state index >= 15 is 0 Å². The lowest BCUT2D eigenvalue weighted by Crippen LogP contribution is -2.46. The quantitative estimate of drug-likeness (QED) is 0.875. The fraction of sp³-hybridized carbons (Fsp3) is 0.357. The summed E-state index contributed by atoms with van der Waals surface area (Å²) in [5.41, 5.74) is 0.906. The van der Waals surface area contributed by atoms with Crippen LogP contribution in [0, 0.1) is 6.92 Å². The van der Waals surface area contributed by atoms with Gasteiger partial charge in [0, 0.05) is 13.1 Å². The summed E-state index contributed by atoms with van der Waals surface area (Å²) in [6.07, 6.45) is 0. The van der Waals surface area contributed by atoms with Gasteiger partial charge in [0.1, 0.15) is 4.49 Å². The smallest absolute Gasteiger partial charge is 0.322 e. The topological polar surface area (TPSA) is 75.7 Å². The minimum atomic E-state index is -4.02. The largest absolute Gasteiger partial charge is 0.378 e. The van der Waals surface area contributed by atoms with Crippen LogP contribution in [-0.4, -0.2) is 45.7 Å². The monoisotopic (exact) mass is 378 g/mol. The summed E-state index contributed by atoms with van der Waals surface area (Å²) in [6, 6.07) is 5.58. The second-order valence-electron chi connectivity index (χ2n) is 4.94. The van der Waals surface area contributed by atoms with E-state index < -0.39 is 25.4 Å². The van der Waals surface area contributed by atoms with E-state index in [4.69, 9.17) is 27.9 Å². The van der Waals surface area contributed by atoms with Gasteiger partial charge in [-0.2, -0.15) is 0 Å². The van der Waals surface area contributed by atoms with Gasteiger partial charge in [-0.15, -0.1) is 0 Å². The van der Waals surface area contributed by atoms with Crippen molar-refractivity contribution in [2.24, 2.45) is 0 Å². The molecule has 1 N–H and O–H groups in total. The highest BCUT2D eigenvalue weighted by Gasteiger charge is 2.28. The van der Waals surface area contributed by atoms with Crippen molar-refractivity contribution < 1.29 is 17.9 Å².